The zero-order chi connectivity index (χ0) is 5.11. The van der Waals surface area contributed by atoms with Crippen LogP contribution in [0.2, 0.25) is 0 Å². The molecule has 0 unspecified atom stereocenters. The number of hydrogen-bond donors (Lipinski definition) is 0. The van der Waals surface area contributed by atoms with Crippen LogP contribution in [-0.2, 0) is 0 Å². The third-order valence-corrected chi connectivity index (χ3v) is 1.69. The summed E-state index contributed by atoms with van der Waals surface area (Å²) in [6, 6.07) is 0. The van der Waals surface area contributed by atoms with Crippen molar-refractivity contribution in [1.29, 1.82) is 0 Å². The molecule has 0 aromatic heterocycles. The van der Waals surface area contributed by atoms with Crippen molar-refractivity contribution in [3.63, 3.8) is 0 Å². The van der Waals surface area contributed by atoms with Crippen LogP contribution in [0, 0.1) is 0 Å². The van der Waals surface area contributed by atoms with Crippen LogP contribution >= 0.6 is 11.8 Å². The molecular formula is C4H8N2S. The van der Waals surface area contributed by atoms with Gasteiger partial charge in [0.1, 0.15) is 0 Å². The first-order chi connectivity index (χ1) is 3.39. The van der Waals surface area contributed by atoms with E-state index in [4.69, 9.17) is 0 Å². The van der Waals surface area contributed by atoms with E-state index in [1.165, 1.54) is 0 Å². The van der Waals surface area contributed by atoms with Gasteiger partial charge in [0, 0.05) is 19.0 Å². The molecule has 1 rings (SSSR count). The molecule has 0 fully saturated rings. The molecule has 0 saturated heterocycles. The van der Waals surface area contributed by atoms with E-state index >= 15 is 0 Å². The van der Waals surface area contributed by atoms with Gasteiger partial charge in [-0.05, 0) is 0 Å². The summed E-state index contributed by atoms with van der Waals surface area (Å²) in [5.41, 5.74) is 0. The molecule has 1 heterocycles. The van der Waals surface area contributed by atoms with Crippen molar-refractivity contribution >= 4 is 18.0 Å². The van der Waals surface area contributed by atoms with Gasteiger partial charge in [0.15, 0.2) is 0 Å². The first-order valence-electron chi connectivity index (χ1n) is 2.21. The minimum atomic E-state index is 1.04. The van der Waals surface area contributed by atoms with E-state index in [9.17, 15) is 0 Å². The molecule has 0 aliphatic carbocycles. The molecule has 2 nitrogen and oxygen atoms in total. The van der Waals surface area contributed by atoms with Crippen LogP contribution in [0.4, 0.5) is 0 Å². The molecule has 0 amide bonds. The van der Waals surface area contributed by atoms with Crippen molar-refractivity contribution in [2.45, 2.75) is 0 Å². The molecule has 0 atom stereocenters. The van der Waals surface area contributed by atoms with E-state index in [2.05, 4.69) is 5.10 Å². The standard InChI is InChI=1S/C4H8N2S/c1-6-4-7-3-2-5-6/h2H,3-4H2,1H3. The summed E-state index contributed by atoms with van der Waals surface area (Å²) in [4.78, 5) is 0. The quantitative estimate of drug-likeness (QED) is 0.461. The molecule has 7 heavy (non-hydrogen) atoms. The monoisotopic (exact) mass is 116 g/mol. The lowest BCUT2D eigenvalue weighted by Gasteiger charge is -2.14. The van der Waals surface area contributed by atoms with Crippen LogP contribution in [0.15, 0.2) is 5.10 Å². The summed E-state index contributed by atoms with van der Waals surface area (Å²) in [5.74, 6) is 2.11. The molecule has 0 aromatic carbocycles. The van der Waals surface area contributed by atoms with Gasteiger partial charge < -0.3 is 0 Å². The van der Waals surface area contributed by atoms with E-state index < -0.39 is 0 Å². The Morgan fingerprint density at radius 3 is 3.00 bits per heavy atom. The Morgan fingerprint density at radius 2 is 2.71 bits per heavy atom. The van der Waals surface area contributed by atoms with Gasteiger partial charge in [-0.25, -0.2) is 0 Å². The van der Waals surface area contributed by atoms with Crippen molar-refractivity contribution in [2.75, 3.05) is 18.7 Å². The predicted octanol–water partition coefficient (Wildman–Crippen LogP) is 0.608. The molecule has 0 aromatic rings. The van der Waals surface area contributed by atoms with E-state index in [1.807, 2.05) is 30.0 Å². The van der Waals surface area contributed by atoms with Gasteiger partial charge in [-0.1, -0.05) is 0 Å². The van der Waals surface area contributed by atoms with Crippen LogP contribution < -0.4 is 0 Å². The zero-order valence-electron chi connectivity index (χ0n) is 4.29. The average molecular weight is 116 g/mol. The smallest absolute Gasteiger partial charge is 0.0815 e. The second-order valence-corrected chi connectivity index (χ2v) is 2.46. The highest BCUT2D eigenvalue weighted by Crippen LogP contribution is 2.04. The Morgan fingerprint density at radius 1 is 1.86 bits per heavy atom. The van der Waals surface area contributed by atoms with Gasteiger partial charge in [-0.15, -0.1) is 11.8 Å². The van der Waals surface area contributed by atoms with Crippen molar-refractivity contribution in [3.05, 3.63) is 0 Å². The highest BCUT2D eigenvalue weighted by molar-refractivity contribution is 7.99. The fourth-order valence-electron chi connectivity index (χ4n) is 0.444. The molecule has 0 bridgehead atoms. The van der Waals surface area contributed by atoms with Crippen LogP contribution in [0.25, 0.3) is 0 Å². The molecule has 1 aliphatic heterocycles. The normalized spacial score (nSPS) is 20.4. The first-order valence-corrected chi connectivity index (χ1v) is 3.36. The number of hydrazone groups is 1. The zero-order valence-corrected chi connectivity index (χ0v) is 5.11. The van der Waals surface area contributed by atoms with Crippen molar-refractivity contribution in [1.82, 2.24) is 5.01 Å². The minimum Gasteiger partial charge on any atom is -0.290 e. The van der Waals surface area contributed by atoms with Crippen molar-refractivity contribution in [2.24, 2.45) is 5.10 Å². The maximum atomic E-state index is 4.02. The lowest BCUT2D eigenvalue weighted by Crippen LogP contribution is -2.14. The summed E-state index contributed by atoms with van der Waals surface area (Å²) >= 11 is 1.88. The summed E-state index contributed by atoms with van der Waals surface area (Å²) in [6.45, 7) is 0. The van der Waals surface area contributed by atoms with Crippen LogP contribution in [0.5, 0.6) is 0 Å². The number of rotatable bonds is 0. The predicted molar refractivity (Wildman–Crippen MR) is 33.6 cm³/mol. The highest BCUT2D eigenvalue weighted by atomic mass is 32.2. The third kappa shape index (κ3) is 1.39. The van der Waals surface area contributed by atoms with Gasteiger partial charge in [0.05, 0.1) is 5.88 Å². The second-order valence-electron chi connectivity index (χ2n) is 1.46. The van der Waals surface area contributed by atoms with Gasteiger partial charge in [0.2, 0.25) is 0 Å². The average Bonchev–Trinajstić information content (AvgIpc) is 1.69. The van der Waals surface area contributed by atoms with Crippen molar-refractivity contribution < 1.29 is 0 Å². The Bertz CT molecular complexity index is 81.8. The van der Waals surface area contributed by atoms with Crippen LogP contribution in [-0.4, -0.2) is 29.9 Å². The van der Waals surface area contributed by atoms with Gasteiger partial charge >= 0.3 is 0 Å². The SMILES string of the molecule is CN1CSCC=N1. The summed E-state index contributed by atoms with van der Waals surface area (Å²) in [6.07, 6.45) is 1.92. The summed E-state index contributed by atoms with van der Waals surface area (Å²) in [7, 11) is 1.97. The summed E-state index contributed by atoms with van der Waals surface area (Å²) in [5, 5.41) is 5.94. The summed E-state index contributed by atoms with van der Waals surface area (Å²) < 4.78 is 0. The molecule has 1 aliphatic rings. The molecule has 0 saturated carbocycles. The van der Waals surface area contributed by atoms with Crippen molar-refractivity contribution in [3.8, 4) is 0 Å². The van der Waals surface area contributed by atoms with E-state index in [0.29, 0.717) is 0 Å². The van der Waals surface area contributed by atoms with Crippen LogP contribution in [0.3, 0.4) is 0 Å². The lowest BCUT2D eigenvalue weighted by atomic mass is 10.9. The molecule has 0 radical (unpaired) electrons. The Labute approximate surface area is 47.6 Å². The Balaban J connectivity index is 2.36. The number of thioether (sulfide) groups is 1. The minimum absolute atomic E-state index is 1.04. The lowest BCUT2D eigenvalue weighted by molar-refractivity contribution is 0.419. The van der Waals surface area contributed by atoms with Gasteiger partial charge in [0.25, 0.3) is 0 Å². The number of hydrogen-bond acceptors (Lipinski definition) is 3. The maximum Gasteiger partial charge on any atom is 0.0815 e. The first kappa shape index (κ1) is 4.97. The van der Waals surface area contributed by atoms with Gasteiger partial charge in [-0.2, -0.15) is 5.10 Å². The van der Waals surface area contributed by atoms with Gasteiger partial charge in [-0.3, -0.25) is 5.01 Å². The van der Waals surface area contributed by atoms with E-state index in [-0.39, 0.29) is 0 Å². The fourth-order valence-corrected chi connectivity index (χ4v) is 1.05. The van der Waals surface area contributed by atoms with Crippen LogP contribution in [0.1, 0.15) is 0 Å². The Hall–Kier alpha value is -0.180. The highest BCUT2D eigenvalue weighted by Gasteiger charge is 1.95. The second kappa shape index (κ2) is 2.21. The number of nitrogens with zero attached hydrogens (tertiary/aromatic N) is 2. The molecular weight excluding hydrogens is 108 g/mol. The molecule has 0 spiro atoms. The van der Waals surface area contributed by atoms with E-state index in [1.54, 1.807) is 0 Å². The molecule has 40 valence electrons. The molecule has 3 heteroatoms. The Kier molecular flexibility index (Phi) is 1.57. The topological polar surface area (TPSA) is 15.6 Å². The fraction of sp³-hybridized carbons (Fsp3) is 0.750. The van der Waals surface area contributed by atoms with E-state index in [0.717, 1.165) is 11.6 Å². The maximum absolute atomic E-state index is 4.02. The largest absolute Gasteiger partial charge is 0.290 e. The third-order valence-electron chi connectivity index (χ3n) is 0.749. The molecule has 0 N–H and O–H groups in total.